The molecule has 2 N–H and O–H groups in total. The van der Waals surface area contributed by atoms with Crippen LogP contribution in [-0.2, 0) is 17.9 Å². The number of nitrogens with two attached hydrogens (primary N) is 1. The molecule has 0 aliphatic carbocycles. The maximum atomic E-state index is 5.79. The molecular formula is C14H26N4OS. The van der Waals surface area contributed by atoms with Crippen LogP contribution < -0.4 is 10.6 Å². The zero-order chi connectivity index (χ0) is 14.5. The fraction of sp³-hybridized carbons (Fsp3) is 0.786. The number of hydrogen-bond acceptors (Lipinski definition) is 6. The average molecular weight is 298 g/mol. The van der Waals surface area contributed by atoms with Crippen molar-refractivity contribution in [3.63, 3.8) is 0 Å². The fourth-order valence-electron chi connectivity index (χ4n) is 2.74. The second-order valence-corrected chi connectivity index (χ2v) is 6.76. The van der Waals surface area contributed by atoms with Crippen molar-refractivity contribution < 1.29 is 4.74 Å². The number of anilines is 1. The molecule has 5 nitrogen and oxygen atoms in total. The molecule has 114 valence electrons. The van der Waals surface area contributed by atoms with Crippen molar-refractivity contribution in [2.75, 3.05) is 45.7 Å². The van der Waals surface area contributed by atoms with Crippen LogP contribution in [0.4, 0.5) is 5.13 Å². The van der Waals surface area contributed by atoms with E-state index in [0.717, 1.165) is 34.7 Å². The SMILES string of the molecule is COCc1nc(N2CCC(CN(C)C)CC2)sc1CN. The maximum Gasteiger partial charge on any atom is 0.185 e. The van der Waals surface area contributed by atoms with Crippen molar-refractivity contribution in [1.29, 1.82) is 0 Å². The predicted octanol–water partition coefficient (Wildman–Crippen LogP) is 1.53. The van der Waals surface area contributed by atoms with Gasteiger partial charge in [-0.3, -0.25) is 0 Å². The van der Waals surface area contributed by atoms with Gasteiger partial charge < -0.3 is 20.3 Å². The minimum absolute atomic E-state index is 0.549. The molecule has 0 atom stereocenters. The molecule has 1 aliphatic heterocycles. The Bertz CT molecular complexity index is 413. The zero-order valence-electron chi connectivity index (χ0n) is 12.8. The van der Waals surface area contributed by atoms with Crippen LogP contribution in [0, 0.1) is 5.92 Å². The quantitative estimate of drug-likeness (QED) is 0.863. The van der Waals surface area contributed by atoms with Crippen molar-refractivity contribution >= 4 is 16.5 Å². The van der Waals surface area contributed by atoms with Gasteiger partial charge in [-0.25, -0.2) is 4.98 Å². The normalized spacial score (nSPS) is 17.1. The lowest BCUT2D eigenvalue weighted by molar-refractivity contribution is 0.181. The van der Waals surface area contributed by atoms with Gasteiger partial charge in [0.05, 0.1) is 12.3 Å². The number of thiazole rings is 1. The molecule has 1 aromatic heterocycles. The summed E-state index contributed by atoms with van der Waals surface area (Å²) in [5.74, 6) is 0.814. The number of piperidine rings is 1. The van der Waals surface area contributed by atoms with E-state index in [2.05, 4.69) is 23.9 Å². The Morgan fingerprint density at radius 1 is 1.40 bits per heavy atom. The summed E-state index contributed by atoms with van der Waals surface area (Å²) in [6.45, 7) is 4.49. The Morgan fingerprint density at radius 2 is 2.10 bits per heavy atom. The second kappa shape index (κ2) is 7.36. The Kier molecular flexibility index (Phi) is 5.77. The molecule has 2 heterocycles. The third-order valence-electron chi connectivity index (χ3n) is 3.74. The van der Waals surface area contributed by atoms with E-state index in [1.54, 1.807) is 18.4 Å². The highest BCUT2D eigenvalue weighted by Crippen LogP contribution is 2.30. The summed E-state index contributed by atoms with van der Waals surface area (Å²) in [7, 11) is 6.00. The molecule has 0 amide bonds. The minimum Gasteiger partial charge on any atom is -0.378 e. The Hall–Kier alpha value is -0.690. The molecule has 0 aromatic carbocycles. The highest BCUT2D eigenvalue weighted by Gasteiger charge is 2.22. The van der Waals surface area contributed by atoms with Crippen molar-refractivity contribution in [2.24, 2.45) is 11.7 Å². The summed E-state index contributed by atoms with van der Waals surface area (Å²) >= 11 is 1.72. The number of rotatable bonds is 6. The van der Waals surface area contributed by atoms with E-state index in [9.17, 15) is 0 Å². The molecule has 0 saturated carbocycles. The third kappa shape index (κ3) is 3.91. The summed E-state index contributed by atoms with van der Waals surface area (Å²) in [6.07, 6.45) is 2.49. The average Bonchev–Trinajstić information content (AvgIpc) is 2.82. The topological polar surface area (TPSA) is 54.6 Å². The highest BCUT2D eigenvalue weighted by atomic mass is 32.1. The van der Waals surface area contributed by atoms with Gasteiger partial charge in [-0.15, -0.1) is 11.3 Å². The molecule has 6 heteroatoms. The van der Waals surface area contributed by atoms with Crippen LogP contribution in [0.1, 0.15) is 23.4 Å². The molecule has 0 bridgehead atoms. The first kappa shape index (κ1) is 15.7. The Balaban J connectivity index is 1.96. The van der Waals surface area contributed by atoms with Gasteiger partial charge in [0.1, 0.15) is 0 Å². The summed E-state index contributed by atoms with van der Waals surface area (Å²) in [6, 6.07) is 0. The molecule has 1 aromatic rings. The van der Waals surface area contributed by atoms with Gasteiger partial charge >= 0.3 is 0 Å². The molecule has 0 unspecified atom stereocenters. The Morgan fingerprint density at radius 3 is 2.65 bits per heavy atom. The van der Waals surface area contributed by atoms with E-state index in [1.165, 1.54) is 19.4 Å². The standard InChI is InChI=1S/C14H26N4OS/c1-17(2)9-11-4-6-18(7-5-11)14-16-12(10-19-3)13(8-15)20-14/h11H,4-10,15H2,1-3H3. The van der Waals surface area contributed by atoms with Crippen molar-refractivity contribution in [3.05, 3.63) is 10.6 Å². The van der Waals surface area contributed by atoms with Gasteiger partial charge in [0.25, 0.3) is 0 Å². The minimum atomic E-state index is 0.549. The third-order valence-corrected chi connectivity index (χ3v) is 4.92. The smallest absolute Gasteiger partial charge is 0.185 e. The van der Waals surface area contributed by atoms with Crippen molar-refractivity contribution in [1.82, 2.24) is 9.88 Å². The van der Waals surface area contributed by atoms with E-state index in [-0.39, 0.29) is 0 Å². The van der Waals surface area contributed by atoms with Gasteiger partial charge in [0.15, 0.2) is 5.13 Å². The monoisotopic (exact) mass is 298 g/mol. The highest BCUT2D eigenvalue weighted by molar-refractivity contribution is 7.15. The van der Waals surface area contributed by atoms with Crippen LogP contribution >= 0.6 is 11.3 Å². The van der Waals surface area contributed by atoms with Gasteiger partial charge in [0, 0.05) is 38.2 Å². The summed E-state index contributed by atoms with van der Waals surface area (Å²) in [5, 5.41) is 1.11. The second-order valence-electron chi connectivity index (χ2n) is 5.70. The molecule has 2 rings (SSSR count). The van der Waals surface area contributed by atoms with Gasteiger partial charge in [-0.2, -0.15) is 0 Å². The lowest BCUT2D eigenvalue weighted by Gasteiger charge is -2.33. The molecule has 1 aliphatic rings. The lowest BCUT2D eigenvalue weighted by atomic mass is 9.97. The van der Waals surface area contributed by atoms with E-state index < -0.39 is 0 Å². The van der Waals surface area contributed by atoms with Crippen LogP contribution in [0.2, 0.25) is 0 Å². The zero-order valence-corrected chi connectivity index (χ0v) is 13.6. The first-order chi connectivity index (χ1) is 9.63. The fourth-order valence-corrected chi connectivity index (χ4v) is 3.73. The molecule has 0 spiro atoms. The van der Waals surface area contributed by atoms with Crippen LogP contribution in [0.3, 0.4) is 0 Å². The maximum absolute atomic E-state index is 5.79. The summed E-state index contributed by atoms with van der Waals surface area (Å²) in [5.41, 5.74) is 6.80. The van der Waals surface area contributed by atoms with Crippen LogP contribution in [0.15, 0.2) is 0 Å². The number of methoxy groups -OCH3 is 1. The molecule has 1 saturated heterocycles. The molecule has 1 fully saturated rings. The van der Waals surface area contributed by atoms with Crippen molar-refractivity contribution in [2.45, 2.75) is 26.0 Å². The largest absolute Gasteiger partial charge is 0.378 e. The number of ether oxygens (including phenoxy) is 1. The van der Waals surface area contributed by atoms with Gasteiger partial charge in [-0.1, -0.05) is 0 Å². The van der Waals surface area contributed by atoms with Crippen molar-refractivity contribution in [3.8, 4) is 0 Å². The van der Waals surface area contributed by atoms with E-state index in [0.29, 0.717) is 13.2 Å². The van der Waals surface area contributed by atoms with Crippen LogP contribution in [0.25, 0.3) is 0 Å². The number of hydrogen-bond donors (Lipinski definition) is 1. The Labute approximate surface area is 125 Å². The van der Waals surface area contributed by atoms with Crippen LogP contribution in [-0.4, -0.2) is 50.7 Å². The van der Waals surface area contributed by atoms with E-state index >= 15 is 0 Å². The number of aromatic nitrogens is 1. The van der Waals surface area contributed by atoms with E-state index in [4.69, 9.17) is 15.5 Å². The first-order valence-corrected chi connectivity index (χ1v) is 8.03. The lowest BCUT2D eigenvalue weighted by Crippen LogP contribution is -2.37. The van der Waals surface area contributed by atoms with Crippen LogP contribution in [0.5, 0.6) is 0 Å². The van der Waals surface area contributed by atoms with Gasteiger partial charge in [-0.05, 0) is 32.9 Å². The molecular weight excluding hydrogens is 272 g/mol. The van der Waals surface area contributed by atoms with Gasteiger partial charge in [0.2, 0.25) is 0 Å². The first-order valence-electron chi connectivity index (χ1n) is 7.21. The molecule has 0 radical (unpaired) electrons. The summed E-state index contributed by atoms with van der Waals surface area (Å²) < 4.78 is 5.20. The summed E-state index contributed by atoms with van der Waals surface area (Å²) in [4.78, 5) is 10.5. The molecule has 20 heavy (non-hydrogen) atoms. The predicted molar refractivity (Wildman–Crippen MR) is 84.2 cm³/mol. The number of nitrogens with zero attached hydrogens (tertiary/aromatic N) is 3. The van der Waals surface area contributed by atoms with E-state index in [1.807, 2.05) is 0 Å².